The fraction of sp³-hybridized carbons (Fsp3) is 0.333. The van der Waals surface area contributed by atoms with Gasteiger partial charge >= 0.3 is 5.97 Å². The Morgan fingerprint density at radius 1 is 0.933 bits per heavy atom. The molecular weight excluding hydrogens is 392 g/mol. The number of carbonyl (C=O) groups excluding carboxylic acids is 2. The van der Waals surface area contributed by atoms with Crippen molar-refractivity contribution in [2.45, 2.75) is 19.8 Å². The molecule has 0 bridgehead atoms. The molecule has 0 saturated heterocycles. The van der Waals surface area contributed by atoms with E-state index in [1.54, 1.807) is 12.1 Å². The molecule has 160 valence electrons. The van der Waals surface area contributed by atoms with Gasteiger partial charge in [0.2, 0.25) is 0 Å². The number of nitrogens with zero attached hydrogens (tertiary/aromatic N) is 1. The Bertz CT molecular complexity index is 835. The van der Waals surface area contributed by atoms with Crippen LogP contribution in [0.3, 0.4) is 0 Å². The van der Waals surface area contributed by atoms with Gasteiger partial charge in [-0.25, -0.2) is 0 Å². The van der Waals surface area contributed by atoms with Crippen molar-refractivity contribution in [1.82, 2.24) is 5.32 Å². The number of amides is 1. The number of esters is 1. The predicted molar refractivity (Wildman–Crippen MR) is 109 cm³/mol. The molecule has 1 amide bonds. The molecule has 0 radical (unpaired) electrons. The lowest BCUT2D eigenvalue weighted by atomic mass is 10.2. The number of hydrogen-bond donors (Lipinski definition) is 1. The van der Waals surface area contributed by atoms with Gasteiger partial charge in [-0.2, -0.15) is 0 Å². The highest BCUT2D eigenvalue weighted by Gasteiger charge is 2.10. The first kappa shape index (κ1) is 22.7. The predicted octanol–water partition coefficient (Wildman–Crippen LogP) is 3.13. The molecule has 0 fully saturated rings. The van der Waals surface area contributed by atoms with Gasteiger partial charge in [-0.05, 0) is 42.8 Å². The molecule has 30 heavy (non-hydrogen) atoms. The van der Waals surface area contributed by atoms with Crippen LogP contribution in [-0.4, -0.2) is 43.2 Å². The van der Waals surface area contributed by atoms with Crippen LogP contribution in [0.5, 0.6) is 11.5 Å². The largest absolute Gasteiger partial charge is 0.494 e. The van der Waals surface area contributed by atoms with Crippen LogP contribution in [0.1, 0.15) is 30.1 Å². The number of benzene rings is 2. The summed E-state index contributed by atoms with van der Waals surface area (Å²) < 4.78 is 16.0. The fourth-order valence-corrected chi connectivity index (χ4v) is 2.35. The van der Waals surface area contributed by atoms with E-state index in [-0.39, 0.29) is 37.4 Å². The molecule has 0 unspecified atom stereocenters. The number of non-ortho nitro benzene ring substituents is 1. The molecule has 0 aromatic heterocycles. The topological polar surface area (TPSA) is 117 Å². The van der Waals surface area contributed by atoms with E-state index in [1.807, 2.05) is 19.1 Å². The van der Waals surface area contributed by atoms with Crippen LogP contribution < -0.4 is 14.8 Å². The van der Waals surface area contributed by atoms with E-state index in [4.69, 9.17) is 14.2 Å². The minimum Gasteiger partial charge on any atom is -0.494 e. The summed E-state index contributed by atoms with van der Waals surface area (Å²) in [5.41, 5.74) is 0.173. The van der Waals surface area contributed by atoms with Crippen LogP contribution in [0.2, 0.25) is 0 Å². The number of hydrogen-bond acceptors (Lipinski definition) is 7. The summed E-state index contributed by atoms with van der Waals surface area (Å²) in [5, 5.41) is 13.2. The number of rotatable bonds is 12. The summed E-state index contributed by atoms with van der Waals surface area (Å²) in [4.78, 5) is 33.7. The highest BCUT2D eigenvalue weighted by Crippen LogP contribution is 2.17. The first-order valence-corrected chi connectivity index (χ1v) is 9.53. The van der Waals surface area contributed by atoms with Crippen molar-refractivity contribution in [1.29, 1.82) is 0 Å². The van der Waals surface area contributed by atoms with E-state index in [0.29, 0.717) is 12.4 Å². The third-order valence-electron chi connectivity index (χ3n) is 3.87. The van der Waals surface area contributed by atoms with Crippen LogP contribution in [0.25, 0.3) is 0 Å². The zero-order chi connectivity index (χ0) is 21.8. The van der Waals surface area contributed by atoms with E-state index in [2.05, 4.69) is 5.32 Å². The van der Waals surface area contributed by atoms with E-state index in [9.17, 15) is 19.7 Å². The van der Waals surface area contributed by atoms with Crippen LogP contribution >= 0.6 is 0 Å². The summed E-state index contributed by atoms with van der Waals surface area (Å²) in [6, 6.07) is 12.4. The molecule has 9 nitrogen and oxygen atoms in total. The third-order valence-corrected chi connectivity index (χ3v) is 3.87. The minimum atomic E-state index is -0.543. The molecular formula is C21H24N2O7. The average molecular weight is 416 g/mol. The number of ether oxygens (including phenoxy) is 3. The maximum atomic E-state index is 11.9. The van der Waals surface area contributed by atoms with Gasteiger partial charge in [0.25, 0.3) is 11.6 Å². The van der Waals surface area contributed by atoms with Crippen LogP contribution in [0, 0.1) is 10.1 Å². The quantitative estimate of drug-likeness (QED) is 0.244. The molecule has 0 aliphatic carbocycles. The molecule has 0 saturated carbocycles. The fourth-order valence-electron chi connectivity index (χ4n) is 2.35. The molecule has 1 N–H and O–H groups in total. The lowest BCUT2D eigenvalue weighted by Crippen LogP contribution is -2.26. The first-order valence-electron chi connectivity index (χ1n) is 9.53. The first-order chi connectivity index (χ1) is 14.5. The SMILES string of the molecule is CCCOc1ccc(OCCOC(=O)CCNC(=O)c2ccc([N+](=O)[O-])cc2)cc1. The van der Waals surface area contributed by atoms with Crippen molar-refractivity contribution in [3.63, 3.8) is 0 Å². The molecule has 2 aromatic carbocycles. The zero-order valence-electron chi connectivity index (χ0n) is 16.7. The normalized spacial score (nSPS) is 10.2. The maximum absolute atomic E-state index is 11.9. The molecule has 2 rings (SSSR count). The number of nitro benzene ring substituents is 1. The smallest absolute Gasteiger partial charge is 0.307 e. The third kappa shape index (κ3) is 7.78. The highest BCUT2D eigenvalue weighted by atomic mass is 16.6. The molecule has 9 heteroatoms. The second-order valence-electron chi connectivity index (χ2n) is 6.20. The Morgan fingerprint density at radius 2 is 1.53 bits per heavy atom. The van der Waals surface area contributed by atoms with Gasteiger partial charge in [-0.1, -0.05) is 6.92 Å². The van der Waals surface area contributed by atoms with E-state index < -0.39 is 16.8 Å². The van der Waals surface area contributed by atoms with Gasteiger partial charge in [0.05, 0.1) is 18.0 Å². The minimum absolute atomic E-state index is 0.00217. The van der Waals surface area contributed by atoms with Crippen molar-refractivity contribution < 1.29 is 28.7 Å². The van der Waals surface area contributed by atoms with Crippen LogP contribution in [-0.2, 0) is 9.53 Å². The summed E-state index contributed by atoms with van der Waals surface area (Å²) >= 11 is 0. The van der Waals surface area contributed by atoms with Crippen molar-refractivity contribution in [2.75, 3.05) is 26.4 Å². The molecule has 0 heterocycles. The Balaban J connectivity index is 1.59. The van der Waals surface area contributed by atoms with Crippen molar-refractivity contribution >= 4 is 17.6 Å². The van der Waals surface area contributed by atoms with Crippen molar-refractivity contribution in [2.24, 2.45) is 0 Å². The van der Waals surface area contributed by atoms with Gasteiger partial charge in [-0.3, -0.25) is 19.7 Å². The van der Waals surface area contributed by atoms with Crippen molar-refractivity contribution in [3.05, 3.63) is 64.2 Å². The van der Waals surface area contributed by atoms with E-state index >= 15 is 0 Å². The molecule has 0 spiro atoms. The maximum Gasteiger partial charge on any atom is 0.307 e. The second kappa shape index (κ2) is 12.1. The van der Waals surface area contributed by atoms with Gasteiger partial charge in [-0.15, -0.1) is 0 Å². The zero-order valence-corrected chi connectivity index (χ0v) is 16.7. The molecule has 0 aliphatic heterocycles. The molecule has 0 atom stereocenters. The Hall–Kier alpha value is -3.62. The standard InChI is InChI=1S/C21H24N2O7/c1-2-13-28-18-7-9-19(10-8-18)29-14-15-30-20(24)11-12-22-21(25)16-3-5-17(6-4-16)23(26)27/h3-10H,2,11-15H2,1H3,(H,22,25). The van der Waals surface area contributed by atoms with Gasteiger partial charge in [0.1, 0.15) is 24.7 Å². The summed E-state index contributed by atoms with van der Waals surface area (Å²) in [7, 11) is 0. The lowest BCUT2D eigenvalue weighted by Gasteiger charge is -2.09. The highest BCUT2D eigenvalue weighted by molar-refractivity contribution is 5.94. The van der Waals surface area contributed by atoms with Gasteiger partial charge in [0.15, 0.2) is 0 Å². The molecule has 0 aliphatic rings. The summed E-state index contributed by atoms with van der Waals surface area (Å²) in [6.07, 6.45) is 0.937. The Morgan fingerprint density at radius 3 is 2.10 bits per heavy atom. The Kier molecular flexibility index (Phi) is 9.11. The van der Waals surface area contributed by atoms with E-state index in [0.717, 1.165) is 12.2 Å². The number of nitro groups is 1. The van der Waals surface area contributed by atoms with Crippen molar-refractivity contribution in [3.8, 4) is 11.5 Å². The van der Waals surface area contributed by atoms with Gasteiger partial charge < -0.3 is 19.5 Å². The average Bonchev–Trinajstić information content (AvgIpc) is 2.76. The summed E-state index contributed by atoms with van der Waals surface area (Å²) in [6.45, 7) is 3.07. The van der Waals surface area contributed by atoms with Crippen LogP contribution in [0.4, 0.5) is 5.69 Å². The van der Waals surface area contributed by atoms with E-state index in [1.165, 1.54) is 24.3 Å². The molecule has 2 aromatic rings. The Labute approximate surface area is 174 Å². The second-order valence-corrected chi connectivity index (χ2v) is 6.20. The monoisotopic (exact) mass is 416 g/mol. The number of carbonyl (C=O) groups is 2. The summed E-state index contributed by atoms with van der Waals surface area (Å²) in [5.74, 6) is 0.523. The van der Waals surface area contributed by atoms with Gasteiger partial charge in [0, 0.05) is 24.2 Å². The van der Waals surface area contributed by atoms with Crippen LogP contribution in [0.15, 0.2) is 48.5 Å². The number of nitrogens with one attached hydrogen (secondary N) is 1. The lowest BCUT2D eigenvalue weighted by molar-refractivity contribution is -0.384.